The zero-order chi connectivity index (χ0) is 31.2. The fourth-order valence-corrected chi connectivity index (χ4v) is 5.98. The van der Waals surface area contributed by atoms with Crippen LogP contribution < -0.4 is 5.32 Å². The third kappa shape index (κ3) is 6.64. The Kier molecular flexibility index (Phi) is 9.38. The Morgan fingerprint density at radius 2 is 1.61 bits per heavy atom. The van der Waals surface area contributed by atoms with Gasteiger partial charge in [0.2, 0.25) is 17.6 Å². The number of benzene rings is 3. The van der Waals surface area contributed by atoms with Gasteiger partial charge in [-0.2, -0.15) is 0 Å². The van der Waals surface area contributed by atoms with Crippen molar-refractivity contribution in [2.24, 2.45) is 0 Å². The fourth-order valence-electron chi connectivity index (χ4n) is 5.98. The third-order valence-electron chi connectivity index (χ3n) is 8.08. The second-order valence-electron chi connectivity index (χ2n) is 10.9. The average molecular weight is 600 g/mol. The molecule has 2 aliphatic heterocycles. The van der Waals surface area contributed by atoms with Gasteiger partial charge >= 0.3 is 5.97 Å². The Morgan fingerprint density at radius 3 is 2.18 bits per heavy atom. The lowest BCUT2D eigenvalue weighted by atomic mass is 9.90. The van der Waals surface area contributed by atoms with Crippen LogP contribution in [-0.2, 0) is 25.7 Å². The molecule has 0 bridgehead atoms. The van der Waals surface area contributed by atoms with Crippen LogP contribution >= 0.6 is 0 Å². The Balaban J connectivity index is 1.49. The van der Waals surface area contributed by atoms with Crippen LogP contribution in [0.5, 0.6) is 0 Å². The van der Waals surface area contributed by atoms with Gasteiger partial charge in [-0.15, -0.1) is 0 Å². The molecule has 10 nitrogen and oxygen atoms in total. The van der Waals surface area contributed by atoms with Crippen LogP contribution in [-0.4, -0.2) is 87.5 Å². The molecule has 5 rings (SSSR count). The number of hydrazine groups is 1. The molecule has 0 unspecified atom stereocenters. The van der Waals surface area contributed by atoms with Crippen molar-refractivity contribution >= 4 is 23.7 Å². The van der Waals surface area contributed by atoms with Gasteiger partial charge in [0.05, 0.1) is 13.1 Å². The number of hydrogen-bond acceptors (Lipinski definition) is 7. The summed E-state index contributed by atoms with van der Waals surface area (Å²) in [4.78, 5) is 54.6. The van der Waals surface area contributed by atoms with Gasteiger partial charge in [0.25, 0.3) is 0 Å². The SMILES string of the molecule is CN1CC(=O)N2[C@@H](CCC(=O)O)C(=O)N(CC(c3ccccc3)c3ccccc3)C[C@@H]2N1C(=C=O)NCc1ccc(F)cc1. The summed E-state index contributed by atoms with van der Waals surface area (Å²) in [6.07, 6.45) is -1.19. The Hall–Kier alpha value is -4.99. The van der Waals surface area contributed by atoms with Crippen molar-refractivity contribution in [3.63, 3.8) is 0 Å². The number of aliphatic carboxylic acids is 1. The van der Waals surface area contributed by atoms with Crippen LogP contribution in [0.15, 0.2) is 90.8 Å². The number of hydrogen-bond donors (Lipinski definition) is 2. The molecule has 0 saturated carbocycles. The highest BCUT2D eigenvalue weighted by atomic mass is 19.1. The number of fused-ring (bicyclic) bond motifs is 1. The van der Waals surface area contributed by atoms with Gasteiger partial charge in [0.15, 0.2) is 5.94 Å². The molecule has 0 radical (unpaired) electrons. The second-order valence-corrected chi connectivity index (χ2v) is 10.9. The number of rotatable bonds is 11. The van der Waals surface area contributed by atoms with Crippen LogP contribution in [0.4, 0.5) is 4.39 Å². The van der Waals surface area contributed by atoms with E-state index in [2.05, 4.69) is 5.32 Å². The van der Waals surface area contributed by atoms with Crippen LogP contribution in [0.25, 0.3) is 0 Å². The first kappa shape index (κ1) is 30.5. The molecular weight excluding hydrogens is 565 g/mol. The number of amides is 2. The topological polar surface area (TPSA) is 114 Å². The van der Waals surface area contributed by atoms with E-state index < -0.39 is 18.2 Å². The molecule has 2 heterocycles. The quantitative estimate of drug-likeness (QED) is 0.324. The van der Waals surface area contributed by atoms with Gasteiger partial charge < -0.3 is 20.2 Å². The standard InChI is InChI=1S/C33H34FN5O5/c1-36-21-31(41)38-28(16-17-32(42)43)33(44)37(19-27(24-8-4-2-5-9-24)25-10-6-3-7-11-25)20-30(38)39(36)29(22-40)35-18-23-12-14-26(34)15-13-23/h2-15,27-28,30,35H,16-21H2,1H3,(H,42,43)/t28-,30-/m0/s1. The fraction of sp³-hybridized carbons (Fsp3) is 0.303. The number of carbonyl (C=O) groups is 3. The first-order valence-corrected chi connectivity index (χ1v) is 14.4. The van der Waals surface area contributed by atoms with Gasteiger partial charge in [-0.3, -0.25) is 19.4 Å². The summed E-state index contributed by atoms with van der Waals surface area (Å²) in [5, 5.41) is 15.7. The summed E-state index contributed by atoms with van der Waals surface area (Å²) in [6.45, 7) is 0.395. The smallest absolute Gasteiger partial charge is 0.303 e. The molecule has 2 aliphatic rings. The van der Waals surface area contributed by atoms with Gasteiger partial charge in [-0.1, -0.05) is 72.8 Å². The molecule has 2 atom stereocenters. The van der Waals surface area contributed by atoms with Gasteiger partial charge in [-0.05, 0) is 35.2 Å². The molecular formula is C33H34FN5O5. The van der Waals surface area contributed by atoms with Crippen molar-refractivity contribution < 1.29 is 28.7 Å². The lowest BCUT2D eigenvalue weighted by molar-refractivity contribution is -0.192. The van der Waals surface area contributed by atoms with Crippen molar-refractivity contribution in [3.8, 4) is 0 Å². The predicted molar refractivity (Wildman–Crippen MR) is 160 cm³/mol. The Bertz CT molecular complexity index is 1490. The van der Waals surface area contributed by atoms with Crippen molar-refractivity contribution in [2.75, 3.05) is 26.7 Å². The highest BCUT2D eigenvalue weighted by molar-refractivity contribution is 5.91. The number of carbonyl (C=O) groups excluding carboxylic acids is 3. The van der Waals surface area contributed by atoms with E-state index in [0.29, 0.717) is 0 Å². The molecule has 11 heteroatoms. The molecule has 0 aliphatic carbocycles. The lowest BCUT2D eigenvalue weighted by Gasteiger charge is -2.55. The molecule has 0 spiro atoms. The van der Waals surface area contributed by atoms with Gasteiger partial charge in [0, 0.05) is 32.5 Å². The maximum Gasteiger partial charge on any atom is 0.303 e. The van der Waals surface area contributed by atoms with Crippen molar-refractivity contribution in [3.05, 3.63) is 113 Å². The predicted octanol–water partition coefficient (Wildman–Crippen LogP) is 2.81. The molecule has 2 fully saturated rings. The molecule has 228 valence electrons. The number of nitrogens with one attached hydrogen (secondary N) is 1. The third-order valence-corrected chi connectivity index (χ3v) is 8.08. The van der Waals surface area contributed by atoms with Crippen molar-refractivity contribution in [1.82, 2.24) is 25.1 Å². The summed E-state index contributed by atoms with van der Waals surface area (Å²) in [5.74, 6) is -0.360. The summed E-state index contributed by atoms with van der Waals surface area (Å²) in [7, 11) is 1.66. The van der Waals surface area contributed by atoms with E-state index in [1.54, 1.807) is 34.1 Å². The van der Waals surface area contributed by atoms with E-state index in [1.807, 2.05) is 66.6 Å². The first-order valence-electron chi connectivity index (χ1n) is 14.4. The monoisotopic (exact) mass is 599 g/mol. The minimum absolute atomic E-state index is 0.0354. The molecule has 2 amide bonds. The minimum atomic E-state index is -1.08. The molecule has 0 aromatic heterocycles. The summed E-state index contributed by atoms with van der Waals surface area (Å²) in [5.41, 5.74) is 2.72. The van der Waals surface area contributed by atoms with Crippen LogP contribution in [0.1, 0.15) is 35.4 Å². The zero-order valence-electron chi connectivity index (χ0n) is 24.3. The van der Waals surface area contributed by atoms with Crippen molar-refractivity contribution in [1.29, 1.82) is 0 Å². The molecule has 3 aromatic rings. The summed E-state index contributed by atoms with van der Waals surface area (Å²) < 4.78 is 13.4. The van der Waals surface area contributed by atoms with E-state index in [9.17, 15) is 28.7 Å². The van der Waals surface area contributed by atoms with E-state index in [0.717, 1.165) is 16.7 Å². The zero-order valence-corrected chi connectivity index (χ0v) is 24.3. The maximum atomic E-state index is 14.1. The number of carboxylic acids is 1. The second kappa shape index (κ2) is 13.5. The average Bonchev–Trinajstić information content (AvgIpc) is 3.02. The Morgan fingerprint density at radius 1 is 1.00 bits per heavy atom. The van der Waals surface area contributed by atoms with Crippen LogP contribution in [0.2, 0.25) is 0 Å². The normalized spacial score (nSPS) is 18.7. The van der Waals surface area contributed by atoms with Crippen molar-refractivity contribution in [2.45, 2.75) is 37.5 Å². The van der Waals surface area contributed by atoms with E-state index in [1.165, 1.54) is 17.0 Å². The molecule has 2 N–H and O–H groups in total. The minimum Gasteiger partial charge on any atom is -0.481 e. The Labute approximate surface area is 254 Å². The summed E-state index contributed by atoms with van der Waals surface area (Å²) in [6, 6.07) is 24.4. The van der Waals surface area contributed by atoms with E-state index in [4.69, 9.17) is 0 Å². The van der Waals surface area contributed by atoms with Gasteiger partial charge in [-0.25, -0.2) is 14.2 Å². The highest BCUT2D eigenvalue weighted by Gasteiger charge is 2.50. The highest BCUT2D eigenvalue weighted by Crippen LogP contribution is 2.32. The van der Waals surface area contributed by atoms with Gasteiger partial charge in [0.1, 0.15) is 18.0 Å². The number of halogens is 1. The van der Waals surface area contributed by atoms with Crippen LogP contribution in [0, 0.1) is 5.82 Å². The largest absolute Gasteiger partial charge is 0.481 e. The summed E-state index contributed by atoms with van der Waals surface area (Å²) >= 11 is 0. The number of carboxylic acid groups (broad SMARTS) is 1. The molecule has 44 heavy (non-hydrogen) atoms. The number of likely N-dealkylation sites (N-methyl/N-ethyl adjacent to an activating group) is 1. The van der Waals surface area contributed by atoms with E-state index >= 15 is 0 Å². The molecule has 3 aromatic carbocycles. The maximum absolute atomic E-state index is 14.1. The molecule has 2 saturated heterocycles. The van der Waals surface area contributed by atoms with Crippen LogP contribution in [0.3, 0.4) is 0 Å². The first-order chi connectivity index (χ1) is 21.3. The number of piperazine rings is 1. The lowest BCUT2D eigenvalue weighted by Crippen LogP contribution is -2.74. The van der Waals surface area contributed by atoms with E-state index in [-0.39, 0.29) is 68.4 Å². The number of nitrogens with zero attached hydrogens (tertiary/aromatic N) is 4.